The van der Waals surface area contributed by atoms with E-state index < -0.39 is 10.0 Å². The van der Waals surface area contributed by atoms with E-state index in [2.05, 4.69) is 20.3 Å². The van der Waals surface area contributed by atoms with E-state index in [0.29, 0.717) is 35.1 Å². The predicted molar refractivity (Wildman–Crippen MR) is 126 cm³/mol. The van der Waals surface area contributed by atoms with Gasteiger partial charge in [0.25, 0.3) is 0 Å². The Hall–Kier alpha value is -1.72. The molecule has 0 aliphatic heterocycles. The highest BCUT2D eigenvalue weighted by molar-refractivity contribution is 14.0. The average Bonchev–Trinajstić information content (AvgIpc) is 2.65. The molecule has 2 rings (SSSR count). The Balaban J connectivity index is 0.00000420. The fraction of sp³-hybridized carbons (Fsp3) is 0.350. The highest BCUT2D eigenvalue weighted by Crippen LogP contribution is 2.16. The van der Waals surface area contributed by atoms with E-state index in [9.17, 15) is 12.8 Å². The van der Waals surface area contributed by atoms with Gasteiger partial charge in [-0.3, -0.25) is 4.99 Å². The van der Waals surface area contributed by atoms with Gasteiger partial charge in [-0.05, 0) is 55.2 Å². The van der Waals surface area contributed by atoms with Crippen molar-refractivity contribution in [3.05, 3.63) is 64.5 Å². The van der Waals surface area contributed by atoms with Crippen LogP contribution in [0.2, 0.25) is 0 Å². The summed E-state index contributed by atoms with van der Waals surface area (Å²) in [7, 11) is -1.94. The van der Waals surface area contributed by atoms with Crippen molar-refractivity contribution in [3.63, 3.8) is 0 Å². The molecule has 2 aromatic carbocycles. The molecule has 0 aliphatic rings. The summed E-state index contributed by atoms with van der Waals surface area (Å²) in [5.41, 5.74) is 3.11. The molecular formula is C20H28FIN4O2S. The second-order valence-electron chi connectivity index (χ2n) is 6.60. The number of hydrogen-bond acceptors (Lipinski definition) is 3. The van der Waals surface area contributed by atoms with Gasteiger partial charge in [0.1, 0.15) is 5.82 Å². The van der Waals surface area contributed by atoms with Crippen LogP contribution in [-0.4, -0.2) is 34.5 Å². The highest BCUT2D eigenvalue weighted by Gasteiger charge is 2.16. The molecule has 0 fully saturated rings. The Morgan fingerprint density at radius 2 is 1.72 bits per heavy atom. The second kappa shape index (κ2) is 11.5. The van der Waals surface area contributed by atoms with Gasteiger partial charge in [-0.25, -0.2) is 17.5 Å². The lowest BCUT2D eigenvalue weighted by molar-refractivity contribution is 0.579. The number of benzene rings is 2. The molecule has 160 valence electrons. The summed E-state index contributed by atoms with van der Waals surface area (Å²) >= 11 is 0. The summed E-state index contributed by atoms with van der Waals surface area (Å²) in [5, 5.41) is 6.17. The standard InChI is InChI=1S/C20H27FN4O2S.HI/c1-14-5-6-15(2)19(11-14)28(26,27)25-10-9-23-20(22-4)24-13-17-7-8-18(21)16(3)12-17;/h5-8,11-12,25H,9-10,13H2,1-4H3,(H2,22,23,24);1H. The monoisotopic (exact) mass is 534 g/mol. The van der Waals surface area contributed by atoms with Crippen LogP contribution in [-0.2, 0) is 16.6 Å². The van der Waals surface area contributed by atoms with E-state index in [0.717, 1.165) is 11.1 Å². The third-order valence-corrected chi connectivity index (χ3v) is 5.85. The topological polar surface area (TPSA) is 82.6 Å². The zero-order chi connectivity index (χ0) is 20.7. The van der Waals surface area contributed by atoms with Gasteiger partial charge in [-0.15, -0.1) is 24.0 Å². The number of rotatable bonds is 7. The number of hydrogen-bond donors (Lipinski definition) is 3. The van der Waals surface area contributed by atoms with E-state index in [-0.39, 0.29) is 36.3 Å². The fourth-order valence-electron chi connectivity index (χ4n) is 2.66. The zero-order valence-electron chi connectivity index (χ0n) is 17.0. The van der Waals surface area contributed by atoms with Crippen LogP contribution in [0.4, 0.5) is 4.39 Å². The first kappa shape index (κ1) is 25.3. The van der Waals surface area contributed by atoms with Crippen molar-refractivity contribution in [2.75, 3.05) is 20.1 Å². The van der Waals surface area contributed by atoms with Gasteiger partial charge in [0, 0.05) is 26.7 Å². The number of nitrogens with zero attached hydrogens (tertiary/aromatic N) is 1. The minimum atomic E-state index is -3.57. The Morgan fingerprint density at radius 3 is 2.38 bits per heavy atom. The van der Waals surface area contributed by atoms with Crippen LogP contribution >= 0.6 is 24.0 Å². The lowest BCUT2D eigenvalue weighted by Gasteiger charge is -2.14. The van der Waals surface area contributed by atoms with Gasteiger partial charge in [-0.1, -0.05) is 24.3 Å². The van der Waals surface area contributed by atoms with Gasteiger partial charge in [0.15, 0.2) is 5.96 Å². The maximum atomic E-state index is 13.3. The number of nitrogens with one attached hydrogen (secondary N) is 3. The van der Waals surface area contributed by atoms with E-state index in [1.807, 2.05) is 13.0 Å². The van der Waals surface area contributed by atoms with Crippen LogP contribution in [0.1, 0.15) is 22.3 Å². The minimum Gasteiger partial charge on any atom is -0.355 e. The molecule has 0 aliphatic carbocycles. The quantitative estimate of drug-likeness (QED) is 0.221. The lowest BCUT2D eigenvalue weighted by atomic mass is 10.1. The molecule has 0 aromatic heterocycles. The van der Waals surface area contributed by atoms with Crippen LogP contribution < -0.4 is 15.4 Å². The normalized spacial score (nSPS) is 11.7. The Labute approximate surface area is 189 Å². The van der Waals surface area contributed by atoms with Crippen LogP contribution in [0.5, 0.6) is 0 Å². The predicted octanol–water partition coefficient (Wildman–Crippen LogP) is 3.01. The Bertz CT molecular complexity index is 965. The van der Waals surface area contributed by atoms with Gasteiger partial charge in [-0.2, -0.15) is 0 Å². The molecule has 3 N–H and O–H groups in total. The fourth-order valence-corrected chi connectivity index (χ4v) is 4.02. The lowest BCUT2D eigenvalue weighted by Crippen LogP contribution is -2.41. The number of guanidine groups is 1. The zero-order valence-corrected chi connectivity index (χ0v) is 20.2. The summed E-state index contributed by atoms with van der Waals surface area (Å²) in [4.78, 5) is 4.40. The van der Waals surface area contributed by atoms with E-state index in [4.69, 9.17) is 0 Å². The van der Waals surface area contributed by atoms with Crippen LogP contribution in [0.3, 0.4) is 0 Å². The summed E-state index contributed by atoms with van der Waals surface area (Å²) < 4.78 is 40.9. The molecule has 9 heteroatoms. The second-order valence-corrected chi connectivity index (χ2v) is 8.34. The Kier molecular flexibility index (Phi) is 10.0. The van der Waals surface area contributed by atoms with Crippen molar-refractivity contribution >= 4 is 40.0 Å². The van der Waals surface area contributed by atoms with Crippen molar-refractivity contribution in [1.82, 2.24) is 15.4 Å². The SMILES string of the molecule is CN=C(NCCNS(=O)(=O)c1cc(C)ccc1C)NCc1ccc(F)c(C)c1.I. The van der Waals surface area contributed by atoms with E-state index in [1.54, 1.807) is 45.2 Å². The molecule has 0 heterocycles. The smallest absolute Gasteiger partial charge is 0.240 e. The van der Waals surface area contributed by atoms with Crippen LogP contribution in [0.25, 0.3) is 0 Å². The summed E-state index contributed by atoms with van der Waals surface area (Å²) in [5.74, 6) is 0.301. The number of aliphatic imine (C=N–C) groups is 1. The number of sulfonamides is 1. The maximum Gasteiger partial charge on any atom is 0.240 e. The molecular weight excluding hydrogens is 506 g/mol. The molecule has 0 spiro atoms. The van der Waals surface area contributed by atoms with Gasteiger partial charge in [0.05, 0.1) is 4.90 Å². The Morgan fingerprint density at radius 1 is 1.00 bits per heavy atom. The third kappa shape index (κ3) is 7.56. The molecule has 2 aromatic rings. The highest BCUT2D eigenvalue weighted by atomic mass is 127. The molecule has 0 atom stereocenters. The van der Waals surface area contributed by atoms with Crippen molar-refractivity contribution < 1.29 is 12.8 Å². The molecule has 6 nitrogen and oxygen atoms in total. The van der Waals surface area contributed by atoms with Crippen molar-refractivity contribution in [3.8, 4) is 0 Å². The van der Waals surface area contributed by atoms with Crippen molar-refractivity contribution in [2.24, 2.45) is 4.99 Å². The molecule has 29 heavy (non-hydrogen) atoms. The first-order chi connectivity index (χ1) is 13.2. The summed E-state index contributed by atoms with van der Waals surface area (Å²) in [6, 6.07) is 10.3. The summed E-state index contributed by atoms with van der Waals surface area (Å²) in [6.45, 7) is 6.41. The van der Waals surface area contributed by atoms with Crippen LogP contribution in [0.15, 0.2) is 46.3 Å². The third-order valence-electron chi connectivity index (χ3n) is 4.25. The molecule has 0 bridgehead atoms. The largest absolute Gasteiger partial charge is 0.355 e. The van der Waals surface area contributed by atoms with Gasteiger partial charge in [0.2, 0.25) is 10.0 Å². The van der Waals surface area contributed by atoms with Crippen molar-refractivity contribution in [2.45, 2.75) is 32.2 Å². The minimum absolute atomic E-state index is 0. The maximum absolute atomic E-state index is 13.3. The van der Waals surface area contributed by atoms with Crippen LogP contribution in [0, 0.1) is 26.6 Å². The number of halogens is 2. The molecule has 0 saturated heterocycles. The summed E-state index contributed by atoms with van der Waals surface area (Å²) in [6.07, 6.45) is 0. The van der Waals surface area contributed by atoms with Gasteiger partial charge < -0.3 is 10.6 Å². The average molecular weight is 534 g/mol. The van der Waals surface area contributed by atoms with E-state index >= 15 is 0 Å². The molecule has 0 radical (unpaired) electrons. The first-order valence-corrected chi connectivity index (χ1v) is 10.5. The molecule has 0 amide bonds. The van der Waals surface area contributed by atoms with E-state index in [1.165, 1.54) is 6.07 Å². The molecule has 0 saturated carbocycles. The number of aryl methyl sites for hydroxylation is 3. The molecule has 0 unspecified atom stereocenters. The first-order valence-electron chi connectivity index (χ1n) is 8.99. The van der Waals surface area contributed by atoms with Gasteiger partial charge >= 0.3 is 0 Å². The van der Waals surface area contributed by atoms with Crippen molar-refractivity contribution in [1.29, 1.82) is 0 Å².